The molecule has 0 aliphatic heterocycles. The highest BCUT2D eigenvalue weighted by Crippen LogP contribution is 2.34. The Balaban J connectivity index is 0.00000167. The van der Waals surface area contributed by atoms with E-state index >= 15 is 0 Å². The number of nitrogens with zero attached hydrogens (tertiary/aromatic N) is 4. The fourth-order valence-electron chi connectivity index (χ4n) is 4.02. The molecule has 0 atom stereocenters. The first-order chi connectivity index (χ1) is 17.1. The zero-order valence-electron chi connectivity index (χ0n) is 21.9. The summed E-state index contributed by atoms with van der Waals surface area (Å²) in [6, 6.07) is 9.94. The van der Waals surface area contributed by atoms with Gasteiger partial charge >= 0.3 is 0 Å². The summed E-state index contributed by atoms with van der Waals surface area (Å²) in [6.45, 7) is 13.9. The summed E-state index contributed by atoms with van der Waals surface area (Å²) in [4.78, 5) is 18.3. The predicted octanol–water partition coefficient (Wildman–Crippen LogP) is 7.17. The van der Waals surface area contributed by atoms with E-state index in [4.69, 9.17) is 14.4 Å². The molecule has 0 aliphatic rings. The zero-order valence-corrected chi connectivity index (χ0v) is 21.9. The Morgan fingerprint density at radius 1 is 0.971 bits per heavy atom. The Hall–Kier alpha value is -3.48. The molecule has 0 aromatic carbocycles. The fourth-order valence-corrected chi connectivity index (χ4v) is 4.02. The fraction of sp³-hybridized carbons (Fsp3) is 0.429. The van der Waals surface area contributed by atoms with Crippen LogP contribution in [-0.2, 0) is 6.54 Å². The quantitative estimate of drug-likeness (QED) is 0.252. The summed E-state index contributed by atoms with van der Waals surface area (Å²) in [5.41, 5.74) is 4.39. The number of hydrogen-bond acceptors (Lipinski definition) is 7. The smallest absolute Gasteiger partial charge is 0.225 e. The van der Waals surface area contributed by atoms with E-state index in [1.807, 2.05) is 58.0 Å². The van der Waals surface area contributed by atoms with Crippen LogP contribution in [0.1, 0.15) is 64.0 Å². The molecule has 4 aromatic rings. The molecule has 7 heteroatoms. The maximum Gasteiger partial charge on any atom is 0.225 e. The van der Waals surface area contributed by atoms with Crippen LogP contribution in [0.15, 0.2) is 47.1 Å². The molecule has 0 bridgehead atoms. The Morgan fingerprint density at radius 3 is 2.49 bits per heavy atom. The van der Waals surface area contributed by atoms with Crippen LogP contribution in [0.4, 0.5) is 11.8 Å². The Kier molecular flexibility index (Phi) is 9.58. The van der Waals surface area contributed by atoms with Crippen LogP contribution in [0.2, 0.25) is 0 Å². The van der Waals surface area contributed by atoms with E-state index < -0.39 is 0 Å². The monoisotopic (exact) mass is 474 g/mol. The van der Waals surface area contributed by atoms with E-state index in [2.05, 4.69) is 34.4 Å². The van der Waals surface area contributed by atoms with Crippen molar-refractivity contribution in [2.75, 3.05) is 17.2 Å². The second-order valence-electron chi connectivity index (χ2n) is 8.40. The maximum absolute atomic E-state index is 6.16. The molecule has 35 heavy (non-hydrogen) atoms. The molecule has 4 aromatic heterocycles. The number of rotatable bonds is 10. The number of aromatic nitrogens is 4. The Morgan fingerprint density at radius 2 is 1.77 bits per heavy atom. The molecule has 0 spiro atoms. The molecule has 0 unspecified atom stereocenters. The van der Waals surface area contributed by atoms with Gasteiger partial charge < -0.3 is 15.1 Å². The lowest BCUT2D eigenvalue weighted by molar-refractivity contribution is 0.468. The van der Waals surface area contributed by atoms with E-state index in [1.165, 1.54) is 12.8 Å². The summed E-state index contributed by atoms with van der Waals surface area (Å²) in [5, 5.41) is 7.90. The van der Waals surface area contributed by atoms with Gasteiger partial charge in [0.05, 0.1) is 29.7 Å². The van der Waals surface area contributed by atoms with Crippen LogP contribution < -0.4 is 10.6 Å². The maximum atomic E-state index is 6.16. The highest BCUT2D eigenvalue weighted by molar-refractivity contribution is 5.86. The largest absolute Gasteiger partial charge is 0.454 e. The van der Waals surface area contributed by atoms with Crippen molar-refractivity contribution in [3.63, 3.8) is 0 Å². The summed E-state index contributed by atoms with van der Waals surface area (Å²) in [6.07, 6.45) is 7.01. The summed E-state index contributed by atoms with van der Waals surface area (Å²) < 4.78 is 6.16. The number of fused-ring (bicyclic) bond motifs is 1. The lowest BCUT2D eigenvalue weighted by Crippen LogP contribution is -2.13. The molecule has 2 N–H and O–H groups in total. The highest BCUT2D eigenvalue weighted by atomic mass is 16.3. The molecule has 4 rings (SSSR count). The van der Waals surface area contributed by atoms with Gasteiger partial charge in [-0.2, -0.15) is 4.98 Å². The topological polar surface area (TPSA) is 88.8 Å². The molecule has 0 radical (unpaired) electrons. The number of aryl methyl sites for hydroxylation is 2. The first-order valence-electron chi connectivity index (χ1n) is 12.7. The SMILES string of the molecule is CC.CCC(CC)CCNc1nc(NCc2ccccn2)nc(C)c1-c1cc2cc(C)ncc2o1. The van der Waals surface area contributed by atoms with E-state index in [9.17, 15) is 0 Å². The lowest BCUT2D eigenvalue weighted by Gasteiger charge is -2.16. The molecular formula is C28H38N6O. The predicted molar refractivity (Wildman–Crippen MR) is 145 cm³/mol. The van der Waals surface area contributed by atoms with E-state index in [0.29, 0.717) is 18.4 Å². The third kappa shape index (κ3) is 6.78. The van der Waals surface area contributed by atoms with Gasteiger partial charge in [-0.15, -0.1) is 0 Å². The molecule has 4 heterocycles. The average Bonchev–Trinajstić information content (AvgIpc) is 3.29. The summed E-state index contributed by atoms with van der Waals surface area (Å²) in [7, 11) is 0. The van der Waals surface area contributed by atoms with Gasteiger partial charge in [0, 0.05) is 23.8 Å². The van der Waals surface area contributed by atoms with Crippen LogP contribution >= 0.6 is 0 Å². The van der Waals surface area contributed by atoms with Crippen molar-refractivity contribution in [1.29, 1.82) is 0 Å². The number of furan rings is 1. The van der Waals surface area contributed by atoms with Crippen molar-refractivity contribution in [1.82, 2.24) is 19.9 Å². The number of nitrogens with one attached hydrogen (secondary N) is 2. The molecule has 7 nitrogen and oxygen atoms in total. The van der Waals surface area contributed by atoms with Gasteiger partial charge in [0.1, 0.15) is 11.6 Å². The van der Waals surface area contributed by atoms with Crippen LogP contribution in [0, 0.1) is 19.8 Å². The van der Waals surface area contributed by atoms with Gasteiger partial charge in [-0.25, -0.2) is 4.98 Å². The Bertz CT molecular complexity index is 1200. The van der Waals surface area contributed by atoms with Gasteiger partial charge in [-0.3, -0.25) is 9.97 Å². The van der Waals surface area contributed by atoms with Crippen molar-refractivity contribution < 1.29 is 4.42 Å². The van der Waals surface area contributed by atoms with Gasteiger partial charge in [-0.1, -0.05) is 46.6 Å². The first-order valence-corrected chi connectivity index (χ1v) is 12.7. The number of hydrogen-bond donors (Lipinski definition) is 2. The molecular weight excluding hydrogens is 436 g/mol. The van der Waals surface area contributed by atoms with Crippen molar-refractivity contribution in [2.45, 2.75) is 67.3 Å². The third-order valence-corrected chi connectivity index (χ3v) is 6.03. The van der Waals surface area contributed by atoms with Crippen molar-refractivity contribution in [2.24, 2.45) is 5.92 Å². The second kappa shape index (κ2) is 12.8. The van der Waals surface area contributed by atoms with Crippen LogP contribution in [0.5, 0.6) is 0 Å². The normalized spacial score (nSPS) is 10.8. The van der Waals surface area contributed by atoms with Gasteiger partial charge in [-0.05, 0) is 50.5 Å². The highest BCUT2D eigenvalue weighted by Gasteiger charge is 2.18. The average molecular weight is 475 g/mol. The summed E-state index contributed by atoms with van der Waals surface area (Å²) >= 11 is 0. The molecule has 0 saturated heterocycles. The van der Waals surface area contributed by atoms with Crippen molar-refractivity contribution in [3.8, 4) is 11.3 Å². The number of anilines is 2. The van der Waals surface area contributed by atoms with Gasteiger partial charge in [0.15, 0.2) is 5.58 Å². The molecule has 0 saturated carbocycles. The van der Waals surface area contributed by atoms with E-state index in [1.54, 1.807) is 12.4 Å². The summed E-state index contributed by atoms with van der Waals surface area (Å²) in [5.74, 6) is 2.79. The lowest BCUT2D eigenvalue weighted by atomic mass is 10.00. The first kappa shape index (κ1) is 26.1. The van der Waals surface area contributed by atoms with Crippen LogP contribution in [-0.4, -0.2) is 26.5 Å². The van der Waals surface area contributed by atoms with E-state index in [-0.39, 0.29) is 0 Å². The number of pyridine rings is 2. The van der Waals surface area contributed by atoms with Crippen molar-refractivity contribution in [3.05, 3.63) is 59.8 Å². The van der Waals surface area contributed by atoms with Gasteiger partial charge in [0.25, 0.3) is 0 Å². The third-order valence-electron chi connectivity index (χ3n) is 6.03. The minimum Gasteiger partial charge on any atom is -0.454 e. The van der Waals surface area contributed by atoms with Crippen LogP contribution in [0.3, 0.4) is 0 Å². The molecule has 0 fully saturated rings. The Labute approximate surface area is 208 Å². The molecule has 186 valence electrons. The minimum atomic E-state index is 0.558. The van der Waals surface area contributed by atoms with Gasteiger partial charge in [0.2, 0.25) is 5.95 Å². The zero-order chi connectivity index (χ0) is 25.2. The molecule has 0 amide bonds. The minimum absolute atomic E-state index is 0.558. The van der Waals surface area contributed by atoms with Crippen LogP contribution in [0.25, 0.3) is 22.3 Å². The standard InChI is InChI=1S/C26H32N6O.C2H6/c1-5-19(6-2)10-12-28-25-24(22-14-20-13-17(3)29-16-23(20)33-22)18(4)31-26(32-25)30-15-21-9-7-8-11-27-21;1-2/h7-9,11,13-14,16,19H,5-6,10,12,15H2,1-4H3,(H2,28,30,31,32);1-2H3. The van der Waals surface area contributed by atoms with E-state index in [0.717, 1.165) is 58.2 Å². The second-order valence-corrected chi connectivity index (χ2v) is 8.40. The molecule has 0 aliphatic carbocycles. The van der Waals surface area contributed by atoms with Crippen molar-refractivity contribution >= 4 is 22.7 Å².